The number of hydrogen-bond donors (Lipinski definition) is 2. The maximum atomic E-state index is 12.7. The summed E-state index contributed by atoms with van der Waals surface area (Å²) in [6.45, 7) is 3.39. The van der Waals surface area contributed by atoms with Crippen molar-refractivity contribution < 1.29 is 4.79 Å². The molecule has 2 aliphatic heterocycles. The van der Waals surface area contributed by atoms with E-state index >= 15 is 0 Å². The summed E-state index contributed by atoms with van der Waals surface area (Å²) in [6.07, 6.45) is 12.1. The van der Waals surface area contributed by atoms with Crippen molar-refractivity contribution in [1.82, 2.24) is 35.2 Å². The molecule has 8 nitrogen and oxygen atoms in total. The van der Waals surface area contributed by atoms with E-state index in [1.165, 1.54) is 19.3 Å². The van der Waals surface area contributed by atoms with Crippen LogP contribution in [-0.2, 0) is 6.54 Å². The summed E-state index contributed by atoms with van der Waals surface area (Å²) >= 11 is 0. The Bertz CT molecular complexity index is 697. The second-order valence-electron chi connectivity index (χ2n) is 7.34. The van der Waals surface area contributed by atoms with Crippen LogP contribution < -0.4 is 5.32 Å². The number of rotatable bonds is 5. The zero-order valence-electron chi connectivity index (χ0n) is 15.1. The van der Waals surface area contributed by atoms with Gasteiger partial charge in [-0.05, 0) is 38.6 Å². The van der Waals surface area contributed by atoms with Gasteiger partial charge in [-0.3, -0.25) is 9.48 Å². The Morgan fingerprint density at radius 3 is 2.85 bits per heavy atom. The zero-order valence-corrected chi connectivity index (χ0v) is 15.1. The number of carbonyl (C=O) groups excluding carboxylic acids is 1. The first kappa shape index (κ1) is 17.2. The van der Waals surface area contributed by atoms with Crippen LogP contribution in [0.2, 0.25) is 0 Å². The van der Waals surface area contributed by atoms with Gasteiger partial charge in [-0.15, -0.1) is 5.10 Å². The van der Waals surface area contributed by atoms with Gasteiger partial charge in [0, 0.05) is 44.0 Å². The van der Waals surface area contributed by atoms with Crippen LogP contribution in [0.4, 0.5) is 0 Å². The molecule has 4 heterocycles. The van der Waals surface area contributed by atoms with Crippen LogP contribution in [0, 0.1) is 0 Å². The summed E-state index contributed by atoms with van der Waals surface area (Å²) in [4.78, 5) is 22.1. The Kier molecular flexibility index (Phi) is 5.29. The maximum absolute atomic E-state index is 12.7. The van der Waals surface area contributed by atoms with Crippen molar-refractivity contribution in [3.63, 3.8) is 0 Å². The minimum absolute atomic E-state index is 0.00932. The molecule has 0 spiro atoms. The van der Waals surface area contributed by atoms with E-state index in [9.17, 15) is 4.79 Å². The van der Waals surface area contributed by atoms with Crippen LogP contribution in [-0.4, -0.2) is 61.4 Å². The number of amides is 1. The molecule has 2 aromatic rings. The first-order chi connectivity index (χ1) is 12.8. The Morgan fingerprint density at radius 1 is 1.23 bits per heavy atom. The monoisotopic (exact) mass is 357 g/mol. The third kappa shape index (κ3) is 3.95. The average molecular weight is 357 g/mol. The highest BCUT2D eigenvalue weighted by Gasteiger charge is 2.27. The van der Waals surface area contributed by atoms with E-state index in [1.54, 1.807) is 17.1 Å². The highest BCUT2D eigenvalue weighted by Crippen LogP contribution is 2.25. The first-order valence-electron chi connectivity index (χ1n) is 9.71. The lowest BCUT2D eigenvalue weighted by Crippen LogP contribution is -2.38. The SMILES string of the molecule is O=C(c1cn(CCC2CCCCN2)nn1)N1CCC(c2ncc[nH]2)CC1. The molecule has 2 N–H and O–H groups in total. The van der Waals surface area contributed by atoms with E-state index < -0.39 is 0 Å². The second kappa shape index (κ2) is 7.99. The molecule has 0 aromatic carbocycles. The van der Waals surface area contributed by atoms with Crippen LogP contribution in [0.15, 0.2) is 18.6 Å². The number of nitrogens with one attached hydrogen (secondary N) is 2. The Hall–Kier alpha value is -2.22. The van der Waals surface area contributed by atoms with Gasteiger partial charge in [-0.1, -0.05) is 11.6 Å². The van der Waals surface area contributed by atoms with Crippen molar-refractivity contribution in [1.29, 1.82) is 0 Å². The second-order valence-corrected chi connectivity index (χ2v) is 7.34. The van der Waals surface area contributed by atoms with Crippen LogP contribution >= 0.6 is 0 Å². The number of H-pyrrole nitrogens is 1. The van der Waals surface area contributed by atoms with Crippen molar-refractivity contribution in [2.45, 2.75) is 57.0 Å². The molecule has 2 aromatic heterocycles. The normalized spacial score (nSPS) is 21.8. The van der Waals surface area contributed by atoms with E-state index in [-0.39, 0.29) is 5.91 Å². The third-order valence-electron chi connectivity index (χ3n) is 5.57. The van der Waals surface area contributed by atoms with E-state index in [0.717, 1.165) is 51.3 Å². The van der Waals surface area contributed by atoms with E-state index in [1.807, 2.05) is 11.1 Å². The summed E-state index contributed by atoms with van der Waals surface area (Å²) in [5, 5.41) is 11.8. The number of aryl methyl sites for hydroxylation is 1. The van der Waals surface area contributed by atoms with Crippen molar-refractivity contribution in [2.75, 3.05) is 19.6 Å². The maximum Gasteiger partial charge on any atom is 0.276 e. The number of aromatic amines is 1. The topological polar surface area (TPSA) is 91.7 Å². The summed E-state index contributed by atoms with van der Waals surface area (Å²) in [7, 11) is 0. The minimum atomic E-state index is -0.00932. The molecular weight excluding hydrogens is 330 g/mol. The fourth-order valence-electron chi connectivity index (χ4n) is 3.98. The van der Waals surface area contributed by atoms with E-state index in [4.69, 9.17) is 0 Å². The van der Waals surface area contributed by atoms with Gasteiger partial charge in [0.25, 0.3) is 5.91 Å². The predicted molar refractivity (Wildman–Crippen MR) is 96.7 cm³/mol. The summed E-state index contributed by atoms with van der Waals surface area (Å²) in [6, 6.07) is 0.563. The van der Waals surface area contributed by atoms with Gasteiger partial charge in [0.2, 0.25) is 0 Å². The van der Waals surface area contributed by atoms with Crippen LogP contribution in [0.3, 0.4) is 0 Å². The molecule has 0 radical (unpaired) electrons. The predicted octanol–water partition coefficient (Wildman–Crippen LogP) is 1.55. The average Bonchev–Trinajstić information content (AvgIpc) is 3.39. The van der Waals surface area contributed by atoms with Crippen molar-refractivity contribution in [3.8, 4) is 0 Å². The van der Waals surface area contributed by atoms with E-state index in [0.29, 0.717) is 17.7 Å². The number of carbonyl (C=O) groups is 1. The first-order valence-corrected chi connectivity index (χ1v) is 9.71. The van der Waals surface area contributed by atoms with Gasteiger partial charge in [-0.25, -0.2) is 4.98 Å². The Balaban J connectivity index is 1.28. The van der Waals surface area contributed by atoms with Gasteiger partial charge in [0.05, 0.1) is 6.20 Å². The van der Waals surface area contributed by atoms with Crippen LogP contribution in [0.25, 0.3) is 0 Å². The zero-order chi connectivity index (χ0) is 17.8. The highest BCUT2D eigenvalue weighted by molar-refractivity contribution is 5.92. The molecule has 1 atom stereocenters. The number of piperidine rings is 2. The van der Waals surface area contributed by atoms with E-state index in [2.05, 4.69) is 25.6 Å². The molecule has 26 heavy (non-hydrogen) atoms. The van der Waals surface area contributed by atoms with Crippen molar-refractivity contribution >= 4 is 5.91 Å². The quantitative estimate of drug-likeness (QED) is 0.847. The van der Waals surface area contributed by atoms with Crippen LogP contribution in [0.1, 0.15) is 60.8 Å². The lowest BCUT2D eigenvalue weighted by Gasteiger charge is -2.30. The van der Waals surface area contributed by atoms with Gasteiger partial charge in [0.1, 0.15) is 5.82 Å². The standard InChI is InChI=1S/C18H27N7O/c26-18(24-10-4-14(5-11-24)17-20-8-9-21-17)16-13-25(23-22-16)12-6-15-3-1-2-7-19-15/h8-9,13-15,19H,1-7,10-12H2,(H,20,21). The summed E-state index contributed by atoms with van der Waals surface area (Å²) < 4.78 is 1.80. The van der Waals surface area contributed by atoms with Crippen LogP contribution in [0.5, 0.6) is 0 Å². The van der Waals surface area contributed by atoms with Crippen molar-refractivity contribution in [2.24, 2.45) is 0 Å². The molecule has 1 unspecified atom stereocenters. The molecule has 0 saturated carbocycles. The number of aromatic nitrogens is 5. The fraction of sp³-hybridized carbons (Fsp3) is 0.667. The minimum Gasteiger partial charge on any atom is -0.348 e. The molecule has 140 valence electrons. The molecule has 2 aliphatic rings. The van der Waals surface area contributed by atoms with Crippen molar-refractivity contribution in [3.05, 3.63) is 30.1 Å². The molecule has 2 fully saturated rings. The van der Waals surface area contributed by atoms with Gasteiger partial charge in [-0.2, -0.15) is 0 Å². The summed E-state index contributed by atoms with van der Waals surface area (Å²) in [5.74, 6) is 1.43. The molecule has 0 bridgehead atoms. The number of hydrogen-bond acceptors (Lipinski definition) is 5. The fourth-order valence-corrected chi connectivity index (χ4v) is 3.98. The smallest absolute Gasteiger partial charge is 0.276 e. The lowest BCUT2D eigenvalue weighted by atomic mass is 9.96. The molecule has 8 heteroatoms. The number of likely N-dealkylation sites (tertiary alicyclic amines) is 1. The molecule has 1 amide bonds. The van der Waals surface area contributed by atoms with Gasteiger partial charge in [0.15, 0.2) is 5.69 Å². The highest BCUT2D eigenvalue weighted by atomic mass is 16.2. The lowest BCUT2D eigenvalue weighted by molar-refractivity contribution is 0.0705. The van der Waals surface area contributed by atoms with Gasteiger partial charge >= 0.3 is 0 Å². The summed E-state index contributed by atoms with van der Waals surface area (Å²) in [5.41, 5.74) is 0.457. The Morgan fingerprint density at radius 2 is 2.12 bits per heavy atom. The van der Waals surface area contributed by atoms with Gasteiger partial charge < -0.3 is 15.2 Å². The Labute approximate surface area is 153 Å². The molecular formula is C18H27N7O. The molecule has 0 aliphatic carbocycles. The largest absolute Gasteiger partial charge is 0.348 e. The number of nitrogens with zero attached hydrogens (tertiary/aromatic N) is 5. The molecule has 2 saturated heterocycles. The number of imidazole rings is 1. The molecule has 4 rings (SSSR count). The third-order valence-corrected chi connectivity index (χ3v) is 5.57.